The summed E-state index contributed by atoms with van der Waals surface area (Å²) in [6.07, 6.45) is -3.07. The van der Waals surface area contributed by atoms with Crippen molar-refractivity contribution in [2.24, 2.45) is 0 Å². The maximum absolute atomic E-state index is 14.1. The van der Waals surface area contributed by atoms with E-state index in [1.807, 2.05) is 0 Å². The minimum atomic E-state index is -4.62. The topological polar surface area (TPSA) is 106 Å². The molecular formula is C28H30F3N3O6S. The Bertz CT molecular complexity index is 1660. The molecule has 0 unspecified atom stereocenters. The first-order valence-corrected chi connectivity index (χ1v) is 13.5. The third-order valence-corrected chi connectivity index (χ3v) is 7.57. The molecule has 0 fully saturated rings. The highest BCUT2D eigenvalue weighted by Gasteiger charge is 2.39. The molecule has 0 bridgehead atoms. The summed E-state index contributed by atoms with van der Waals surface area (Å²) < 4.78 is 57.8. The van der Waals surface area contributed by atoms with Gasteiger partial charge in [0.15, 0.2) is 0 Å². The fraction of sp³-hybridized carbons (Fsp3) is 0.429. The number of hydrogen-bond acceptors (Lipinski definition) is 8. The van der Waals surface area contributed by atoms with Crippen LogP contribution < -0.4 is 11.2 Å². The lowest BCUT2D eigenvalue weighted by atomic mass is 10.0. The Balaban J connectivity index is 1.99. The summed E-state index contributed by atoms with van der Waals surface area (Å²) in [5, 5.41) is 0.0991. The van der Waals surface area contributed by atoms with Gasteiger partial charge in [0.1, 0.15) is 34.9 Å². The zero-order valence-corrected chi connectivity index (χ0v) is 24.2. The van der Waals surface area contributed by atoms with Crippen LogP contribution in [0, 0.1) is 6.92 Å². The summed E-state index contributed by atoms with van der Waals surface area (Å²) in [7, 11) is 0. The molecule has 13 heteroatoms. The molecule has 3 aromatic heterocycles. The first kappa shape index (κ1) is 30.3. The summed E-state index contributed by atoms with van der Waals surface area (Å²) in [6.45, 7) is 7.42. The number of nitrogens with zero attached hydrogens (tertiary/aromatic N) is 3. The zero-order chi connectivity index (χ0) is 30.3. The number of aromatic nitrogens is 3. The van der Waals surface area contributed by atoms with Gasteiger partial charge in [-0.2, -0.15) is 13.2 Å². The van der Waals surface area contributed by atoms with Crippen LogP contribution in [0.1, 0.15) is 51.8 Å². The summed E-state index contributed by atoms with van der Waals surface area (Å²) in [5.41, 5.74) is -3.52. The lowest BCUT2D eigenvalue weighted by Crippen LogP contribution is -2.54. The van der Waals surface area contributed by atoms with Crippen LogP contribution in [0.15, 0.2) is 56.8 Å². The molecule has 0 amide bonds. The third-order valence-electron chi connectivity index (χ3n) is 6.26. The number of aryl methyl sites for hydroxylation is 1. The van der Waals surface area contributed by atoms with Crippen molar-refractivity contribution in [3.63, 3.8) is 0 Å². The number of benzene rings is 1. The van der Waals surface area contributed by atoms with Crippen molar-refractivity contribution in [3.05, 3.63) is 74.8 Å². The van der Waals surface area contributed by atoms with Crippen molar-refractivity contribution in [1.82, 2.24) is 14.1 Å². The Hall–Kier alpha value is -3.71. The van der Waals surface area contributed by atoms with E-state index >= 15 is 0 Å². The quantitative estimate of drug-likeness (QED) is 0.246. The maximum atomic E-state index is 14.1. The number of ether oxygens (including phenoxy) is 2. The van der Waals surface area contributed by atoms with Crippen LogP contribution in [0.2, 0.25) is 0 Å². The Morgan fingerprint density at radius 3 is 2.32 bits per heavy atom. The second-order valence-corrected chi connectivity index (χ2v) is 12.0. The number of halogens is 3. The fourth-order valence-corrected chi connectivity index (χ4v) is 5.56. The summed E-state index contributed by atoms with van der Waals surface area (Å²) >= 11 is 1.03. The smallest absolute Gasteiger partial charge is 0.411 e. The van der Waals surface area contributed by atoms with Gasteiger partial charge in [0.25, 0.3) is 5.56 Å². The van der Waals surface area contributed by atoms with Crippen molar-refractivity contribution in [1.29, 1.82) is 0 Å². The minimum Gasteiger partial charge on any atom is -0.458 e. The molecule has 0 radical (unpaired) electrons. The molecule has 0 aliphatic heterocycles. The van der Waals surface area contributed by atoms with Gasteiger partial charge in [0, 0.05) is 0 Å². The molecule has 4 rings (SSSR count). The number of carbonyl (C=O) groups is 1. The largest absolute Gasteiger partial charge is 0.458 e. The fourth-order valence-electron chi connectivity index (χ4n) is 4.32. The van der Waals surface area contributed by atoms with E-state index in [0.717, 1.165) is 15.9 Å². The molecule has 0 saturated carbocycles. The average Bonchev–Trinajstić information content (AvgIpc) is 3.50. The molecular weight excluding hydrogens is 563 g/mol. The summed E-state index contributed by atoms with van der Waals surface area (Å²) in [6, 6.07) is 8.15. The lowest BCUT2D eigenvalue weighted by molar-refractivity contribution is -0.187. The molecule has 3 heterocycles. The molecule has 0 saturated heterocycles. The number of esters is 1. The molecule has 1 atom stereocenters. The average molecular weight is 594 g/mol. The number of carbonyl (C=O) groups excluding carboxylic acids is 1. The van der Waals surface area contributed by atoms with E-state index in [9.17, 15) is 27.6 Å². The number of hydrogen-bond donors (Lipinski definition) is 0. The van der Waals surface area contributed by atoms with Gasteiger partial charge in [0.2, 0.25) is 5.89 Å². The number of alkyl halides is 3. The predicted molar refractivity (Wildman–Crippen MR) is 147 cm³/mol. The summed E-state index contributed by atoms with van der Waals surface area (Å²) in [5.74, 6) is -0.628. The highest BCUT2D eigenvalue weighted by molar-refractivity contribution is 7.22. The first-order valence-electron chi connectivity index (χ1n) is 12.7. The third kappa shape index (κ3) is 6.30. The molecule has 0 aliphatic rings. The maximum Gasteiger partial charge on any atom is 0.411 e. The lowest BCUT2D eigenvalue weighted by Gasteiger charge is -2.30. The molecule has 1 aromatic carbocycles. The van der Waals surface area contributed by atoms with Crippen molar-refractivity contribution < 1.29 is 31.9 Å². The molecule has 4 aromatic rings. The van der Waals surface area contributed by atoms with Gasteiger partial charge in [-0.05, 0) is 52.7 Å². The van der Waals surface area contributed by atoms with Gasteiger partial charge < -0.3 is 13.9 Å². The van der Waals surface area contributed by atoms with Gasteiger partial charge in [-0.25, -0.2) is 19.1 Å². The Morgan fingerprint density at radius 2 is 1.76 bits per heavy atom. The SMILES string of the molecule is Cc1c(-c2ncco2)sc2c1c(=O)n(C(C)(C)C(=O)OC(C)(C)C)c(=O)n2C[C@@H](OCC(F)(F)F)c1ccccc1. The van der Waals surface area contributed by atoms with Crippen LogP contribution in [0.3, 0.4) is 0 Å². The zero-order valence-electron chi connectivity index (χ0n) is 23.4. The van der Waals surface area contributed by atoms with Gasteiger partial charge in [0.05, 0.1) is 23.0 Å². The summed E-state index contributed by atoms with van der Waals surface area (Å²) in [4.78, 5) is 46.1. The standard InChI is InChI=1S/C28H30F3N3O6S/c1-16-19-22(35)34(27(5,6)24(36)40-26(2,3)4)25(37)33(23(19)41-20(16)21-32-12-13-38-21)14-18(39-15-28(29,30)31)17-10-8-7-9-11-17/h7-13,18H,14-15H2,1-6H3/t18-/m1/s1. The second-order valence-electron chi connectivity index (χ2n) is 11.0. The van der Waals surface area contributed by atoms with Gasteiger partial charge >= 0.3 is 17.8 Å². The monoisotopic (exact) mass is 593 g/mol. The van der Waals surface area contributed by atoms with Crippen LogP contribution in [0.5, 0.6) is 0 Å². The molecule has 0 N–H and O–H groups in total. The van der Waals surface area contributed by atoms with Crippen molar-refractivity contribution in [2.45, 2.75) is 71.5 Å². The van der Waals surface area contributed by atoms with Crippen molar-refractivity contribution in [2.75, 3.05) is 6.61 Å². The minimum absolute atomic E-state index is 0.0991. The van der Waals surface area contributed by atoms with Crippen LogP contribution >= 0.6 is 11.3 Å². The van der Waals surface area contributed by atoms with Crippen LogP contribution in [0.25, 0.3) is 21.0 Å². The van der Waals surface area contributed by atoms with Crippen LogP contribution in [-0.2, 0) is 26.4 Å². The molecule has 0 spiro atoms. The number of fused-ring (bicyclic) bond motifs is 1. The van der Waals surface area contributed by atoms with E-state index in [1.54, 1.807) is 58.0 Å². The number of oxazole rings is 1. The number of thiophene rings is 1. The normalized spacial score (nSPS) is 13.5. The Kier molecular flexibility index (Phi) is 8.07. The Morgan fingerprint density at radius 1 is 1.10 bits per heavy atom. The van der Waals surface area contributed by atoms with E-state index in [1.165, 1.54) is 30.9 Å². The molecule has 0 aliphatic carbocycles. The van der Waals surface area contributed by atoms with Crippen molar-refractivity contribution >= 4 is 27.5 Å². The van der Waals surface area contributed by atoms with Crippen LogP contribution in [-0.4, -0.2) is 38.5 Å². The second kappa shape index (κ2) is 10.9. The van der Waals surface area contributed by atoms with Crippen molar-refractivity contribution in [3.8, 4) is 10.8 Å². The highest BCUT2D eigenvalue weighted by Crippen LogP contribution is 2.36. The molecule has 220 valence electrons. The number of rotatable bonds is 8. The molecule has 9 nitrogen and oxygen atoms in total. The first-order chi connectivity index (χ1) is 19.0. The van der Waals surface area contributed by atoms with E-state index in [0.29, 0.717) is 16.0 Å². The van der Waals surface area contributed by atoms with Gasteiger partial charge in [-0.15, -0.1) is 11.3 Å². The van der Waals surface area contributed by atoms with E-state index in [4.69, 9.17) is 13.9 Å². The van der Waals surface area contributed by atoms with E-state index in [2.05, 4.69) is 4.98 Å². The molecule has 41 heavy (non-hydrogen) atoms. The van der Waals surface area contributed by atoms with Crippen LogP contribution in [0.4, 0.5) is 13.2 Å². The van der Waals surface area contributed by atoms with Gasteiger partial charge in [-0.1, -0.05) is 30.3 Å². The predicted octanol–water partition coefficient (Wildman–Crippen LogP) is 5.59. The highest BCUT2D eigenvalue weighted by atomic mass is 32.1. The van der Waals surface area contributed by atoms with Gasteiger partial charge in [-0.3, -0.25) is 9.36 Å². The van der Waals surface area contributed by atoms with E-state index in [-0.39, 0.29) is 22.7 Å². The van der Waals surface area contributed by atoms with E-state index < -0.39 is 47.2 Å². The Labute approximate surface area is 237 Å².